The van der Waals surface area contributed by atoms with Gasteiger partial charge in [-0.25, -0.2) is 0 Å². The van der Waals surface area contributed by atoms with Crippen molar-refractivity contribution >= 4 is 46.9 Å². The van der Waals surface area contributed by atoms with E-state index in [1.165, 1.54) is 18.2 Å². The van der Waals surface area contributed by atoms with Crippen LogP contribution in [0.4, 0.5) is 5.69 Å². The monoisotopic (exact) mass is 497 g/mol. The number of fused-ring (bicyclic) bond motifs is 1. The van der Waals surface area contributed by atoms with Gasteiger partial charge in [-0.15, -0.1) is 0 Å². The number of amides is 2. The van der Waals surface area contributed by atoms with Crippen molar-refractivity contribution in [3.05, 3.63) is 63.5 Å². The summed E-state index contributed by atoms with van der Waals surface area (Å²) >= 11 is 7.50. The zero-order valence-corrected chi connectivity index (χ0v) is 21.6. The molecule has 2 heterocycles. The highest BCUT2D eigenvalue weighted by Crippen LogP contribution is 2.42. The van der Waals surface area contributed by atoms with Crippen molar-refractivity contribution in [2.75, 3.05) is 38.1 Å². The molecule has 5 nitrogen and oxygen atoms in total. The number of likely N-dealkylation sites (N-methyl/N-ethyl adjacent to an activating group) is 1. The number of benzene rings is 2. The molecule has 34 heavy (non-hydrogen) atoms. The Morgan fingerprint density at radius 1 is 1.18 bits per heavy atom. The molecule has 2 unspecified atom stereocenters. The molecular formula is C27H32ClN3O2S. The zero-order chi connectivity index (χ0) is 24.2. The van der Waals surface area contributed by atoms with Crippen LogP contribution in [0, 0.1) is 11.8 Å². The molecule has 2 amide bonds. The highest BCUT2D eigenvalue weighted by Gasteiger charge is 2.27. The lowest BCUT2D eigenvalue weighted by Crippen LogP contribution is -2.40. The van der Waals surface area contributed by atoms with Crippen LogP contribution in [0.25, 0.3) is 6.08 Å². The summed E-state index contributed by atoms with van der Waals surface area (Å²) in [5.41, 5.74) is 2.20. The fourth-order valence-corrected chi connectivity index (χ4v) is 6.16. The fraction of sp³-hybridized carbons (Fsp3) is 0.407. The molecule has 0 radical (unpaired) electrons. The molecule has 1 N–H and O–H groups in total. The number of thioether (sulfide) groups is 1. The Morgan fingerprint density at radius 2 is 1.94 bits per heavy atom. The van der Waals surface area contributed by atoms with Crippen LogP contribution in [-0.2, 0) is 4.79 Å². The second-order valence-corrected chi connectivity index (χ2v) is 11.0. The van der Waals surface area contributed by atoms with Gasteiger partial charge in [-0.3, -0.25) is 9.59 Å². The summed E-state index contributed by atoms with van der Waals surface area (Å²) in [5, 5.41) is 3.67. The molecule has 4 rings (SSSR count). The van der Waals surface area contributed by atoms with E-state index in [1.807, 2.05) is 42.5 Å². The van der Waals surface area contributed by atoms with Gasteiger partial charge in [0.15, 0.2) is 0 Å². The van der Waals surface area contributed by atoms with Gasteiger partial charge in [-0.05, 0) is 73.2 Å². The number of rotatable bonds is 6. The quantitative estimate of drug-likeness (QED) is 0.420. The van der Waals surface area contributed by atoms with E-state index in [9.17, 15) is 9.59 Å². The maximum absolute atomic E-state index is 13.0. The Hall–Kier alpha value is -2.28. The highest BCUT2D eigenvalue weighted by atomic mass is 35.5. The van der Waals surface area contributed by atoms with Crippen LogP contribution in [-0.4, -0.2) is 49.9 Å². The molecule has 2 aliphatic heterocycles. The Kier molecular flexibility index (Phi) is 8.02. The molecule has 2 atom stereocenters. The van der Waals surface area contributed by atoms with Gasteiger partial charge in [0.05, 0.1) is 10.6 Å². The number of nitrogens with zero attached hydrogens (tertiary/aromatic N) is 2. The molecule has 2 aromatic carbocycles. The van der Waals surface area contributed by atoms with Gasteiger partial charge in [0.2, 0.25) is 0 Å². The van der Waals surface area contributed by atoms with Crippen LogP contribution < -0.4 is 10.2 Å². The Bertz CT molecular complexity index is 1090. The maximum Gasteiger partial charge on any atom is 0.264 e. The van der Waals surface area contributed by atoms with E-state index in [4.69, 9.17) is 11.6 Å². The van der Waals surface area contributed by atoms with Gasteiger partial charge < -0.3 is 15.1 Å². The summed E-state index contributed by atoms with van der Waals surface area (Å²) in [6, 6.07) is 13.0. The number of halogens is 1. The van der Waals surface area contributed by atoms with Crippen LogP contribution in [0.15, 0.2) is 52.3 Å². The van der Waals surface area contributed by atoms with Crippen molar-refractivity contribution in [1.82, 2.24) is 10.2 Å². The molecular weight excluding hydrogens is 466 g/mol. The lowest BCUT2D eigenvalue weighted by atomic mass is 9.92. The average Bonchev–Trinajstić information content (AvgIpc) is 2.79. The predicted octanol–water partition coefficient (Wildman–Crippen LogP) is 5.55. The van der Waals surface area contributed by atoms with Crippen LogP contribution in [0.2, 0.25) is 5.02 Å². The fourth-order valence-electron chi connectivity index (χ4n) is 4.86. The maximum atomic E-state index is 13.0. The summed E-state index contributed by atoms with van der Waals surface area (Å²) in [7, 11) is 1.75. The van der Waals surface area contributed by atoms with E-state index in [0.29, 0.717) is 22.0 Å². The topological polar surface area (TPSA) is 52.7 Å². The smallest absolute Gasteiger partial charge is 0.264 e. The predicted molar refractivity (Wildman–Crippen MR) is 141 cm³/mol. The van der Waals surface area contributed by atoms with Crippen molar-refractivity contribution in [1.29, 1.82) is 0 Å². The summed E-state index contributed by atoms with van der Waals surface area (Å²) < 4.78 is 0. The van der Waals surface area contributed by atoms with Gasteiger partial charge in [0, 0.05) is 42.2 Å². The molecule has 7 heteroatoms. The van der Waals surface area contributed by atoms with Crippen LogP contribution in [0.1, 0.15) is 42.6 Å². The van der Waals surface area contributed by atoms with Gasteiger partial charge in [-0.1, -0.05) is 49.3 Å². The average molecular weight is 498 g/mol. The minimum Gasteiger partial charge on any atom is -0.352 e. The van der Waals surface area contributed by atoms with Crippen molar-refractivity contribution in [2.24, 2.45) is 11.8 Å². The third kappa shape index (κ3) is 6.04. The van der Waals surface area contributed by atoms with E-state index < -0.39 is 0 Å². The number of piperidine rings is 1. The highest BCUT2D eigenvalue weighted by molar-refractivity contribution is 8.04. The molecule has 0 saturated carbocycles. The van der Waals surface area contributed by atoms with Crippen molar-refractivity contribution in [3.63, 3.8) is 0 Å². The van der Waals surface area contributed by atoms with Gasteiger partial charge >= 0.3 is 0 Å². The Balaban J connectivity index is 1.37. The van der Waals surface area contributed by atoms with Gasteiger partial charge in [0.1, 0.15) is 0 Å². The lowest BCUT2D eigenvalue weighted by molar-refractivity contribution is -0.114. The van der Waals surface area contributed by atoms with Gasteiger partial charge in [-0.2, -0.15) is 0 Å². The van der Waals surface area contributed by atoms with Crippen LogP contribution in [0.5, 0.6) is 0 Å². The van der Waals surface area contributed by atoms with Crippen molar-refractivity contribution < 1.29 is 9.59 Å². The summed E-state index contributed by atoms with van der Waals surface area (Å²) in [6.07, 6.45) is 4.09. The third-order valence-corrected chi connectivity index (χ3v) is 7.66. The first-order valence-electron chi connectivity index (χ1n) is 11.9. The Labute approximate surface area is 211 Å². The summed E-state index contributed by atoms with van der Waals surface area (Å²) in [6.45, 7) is 8.58. The number of hydrogen-bond acceptors (Lipinski definition) is 4. The molecule has 0 aliphatic carbocycles. The summed E-state index contributed by atoms with van der Waals surface area (Å²) in [5.74, 6) is 1.29. The van der Waals surface area contributed by atoms with E-state index in [-0.39, 0.29) is 11.8 Å². The van der Waals surface area contributed by atoms with E-state index in [2.05, 4.69) is 24.1 Å². The molecule has 1 saturated heterocycles. The zero-order valence-electron chi connectivity index (χ0n) is 20.0. The largest absolute Gasteiger partial charge is 0.352 e. The number of anilines is 1. The minimum absolute atomic E-state index is 0.0972. The van der Waals surface area contributed by atoms with Crippen molar-refractivity contribution in [3.8, 4) is 0 Å². The molecule has 180 valence electrons. The SMILES string of the molecule is CC1CC(C)CN(CCCNC(=O)c2ccc3c(c2)N(C)C(=O)/C(=C/c2cccc(Cl)c2)S3)C1. The first-order valence-corrected chi connectivity index (χ1v) is 13.1. The molecule has 0 aromatic heterocycles. The lowest BCUT2D eigenvalue weighted by Gasteiger charge is -2.34. The normalized spacial score (nSPS) is 22.1. The van der Waals surface area contributed by atoms with E-state index in [1.54, 1.807) is 18.0 Å². The van der Waals surface area contributed by atoms with Gasteiger partial charge in [0.25, 0.3) is 11.8 Å². The number of carbonyl (C=O) groups excluding carboxylic acids is 2. The van der Waals surface area contributed by atoms with E-state index in [0.717, 1.165) is 54.0 Å². The third-order valence-electron chi connectivity index (χ3n) is 6.35. The number of hydrogen-bond donors (Lipinski definition) is 1. The van der Waals surface area contributed by atoms with Crippen molar-refractivity contribution in [2.45, 2.75) is 31.6 Å². The van der Waals surface area contributed by atoms with Crippen LogP contribution in [0.3, 0.4) is 0 Å². The minimum atomic E-state index is -0.103. The molecule has 2 aromatic rings. The number of carbonyl (C=O) groups is 2. The number of nitrogens with one attached hydrogen (secondary N) is 1. The second-order valence-electron chi connectivity index (χ2n) is 9.53. The van der Waals surface area contributed by atoms with E-state index >= 15 is 0 Å². The molecule has 0 bridgehead atoms. The molecule has 2 aliphatic rings. The first-order chi connectivity index (χ1) is 16.3. The number of likely N-dealkylation sites (tertiary alicyclic amines) is 1. The molecule has 0 spiro atoms. The standard InChI is InChI=1S/C27H32ClN3O2S/c1-18-12-19(2)17-31(16-18)11-5-10-29-26(32)21-8-9-24-23(15-21)30(3)27(33)25(34-24)14-20-6-4-7-22(28)13-20/h4,6-9,13-15,18-19H,5,10-12,16-17H2,1-3H3,(H,29,32)/b25-14-. The van der Waals surface area contributed by atoms with Crippen LogP contribution >= 0.6 is 23.4 Å². The summed E-state index contributed by atoms with van der Waals surface area (Å²) in [4.78, 5) is 31.4. The second kappa shape index (κ2) is 11.0. The first kappa shape index (κ1) is 24.8. The Morgan fingerprint density at radius 3 is 2.68 bits per heavy atom. The molecule has 1 fully saturated rings.